The summed E-state index contributed by atoms with van der Waals surface area (Å²) in [7, 11) is 0. The summed E-state index contributed by atoms with van der Waals surface area (Å²) in [5.74, 6) is -2.20. The van der Waals surface area contributed by atoms with E-state index in [0.717, 1.165) is 5.56 Å². The highest BCUT2D eigenvalue weighted by molar-refractivity contribution is 6.04. The maximum Gasteiger partial charge on any atom is 0.335 e. The molecule has 0 aliphatic heterocycles. The van der Waals surface area contributed by atoms with Crippen LogP contribution in [0.1, 0.15) is 31.8 Å². The van der Waals surface area contributed by atoms with Crippen LogP contribution in [0.4, 0.5) is 10.1 Å². The van der Waals surface area contributed by atoms with Gasteiger partial charge in [-0.1, -0.05) is 11.6 Å². The summed E-state index contributed by atoms with van der Waals surface area (Å²) < 4.78 is 13.6. The van der Waals surface area contributed by atoms with Crippen molar-refractivity contribution >= 4 is 17.6 Å². The van der Waals surface area contributed by atoms with Gasteiger partial charge < -0.3 is 10.4 Å². The monoisotopic (exact) mass is 287 g/mol. The number of carboxylic acids is 1. The van der Waals surface area contributed by atoms with E-state index in [-0.39, 0.29) is 11.1 Å². The van der Waals surface area contributed by atoms with Crippen molar-refractivity contribution in [2.45, 2.75) is 13.8 Å². The van der Waals surface area contributed by atoms with E-state index in [4.69, 9.17) is 5.11 Å². The van der Waals surface area contributed by atoms with Gasteiger partial charge in [0.2, 0.25) is 0 Å². The number of hydrogen-bond acceptors (Lipinski definition) is 2. The van der Waals surface area contributed by atoms with E-state index in [1.807, 2.05) is 0 Å². The van der Waals surface area contributed by atoms with Crippen LogP contribution in [0.25, 0.3) is 0 Å². The third kappa shape index (κ3) is 3.25. The van der Waals surface area contributed by atoms with E-state index < -0.39 is 17.7 Å². The van der Waals surface area contributed by atoms with Gasteiger partial charge in [-0.25, -0.2) is 9.18 Å². The normalized spacial score (nSPS) is 10.2. The van der Waals surface area contributed by atoms with Crippen molar-refractivity contribution in [2.75, 3.05) is 5.32 Å². The summed E-state index contributed by atoms with van der Waals surface area (Å²) in [6.07, 6.45) is 0. The van der Waals surface area contributed by atoms with Crippen LogP contribution < -0.4 is 5.32 Å². The van der Waals surface area contributed by atoms with Crippen LogP contribution in [0.3, 0.4) is 0 Å². The SMILES string of the molecule is Cc1ccc(F)c(C(=O)Nc2ccc(C(=O)O)c(C)c2)c1. The topological polar surface area (TPSA) is 66.4 Å². The van der Waals surface area contributed by atoms with Crippen molar-refractivity contribution in [1.29, 1.82) is 0 Å². The third-order valence-electron chi connectivity index (χ3n) is 3.08. The molecule has 1 amide bonds. The molecule has 2 aromatic rings. The van der Waals surface area contributed by atoms with E-state index >= 15 is 0 Å². The molecule has 0 atom stereocenters. The quantitative estimate of drug-likeness (QED) is 0.909. The molecule has 0 aliphatic carbocycles. The largest absolute Gasteiger partial charge is 0.478 e. The zero-order valence-electron chi connectivity index (χ0n) is 11.6. The minimum absolute atomic E-state index is 0.0463. The maximum atomic E-state index is 13.6. The average Bonchev–Trinajstić information content (AvgIpc) is 2.41. The summed E-state index contributed by atoms with van der Waals surface area (Å²) in [4.78, 5) is 23.0. The Morgan fingerprint density at radius 2 is 1.76 bits per heavy atom. The Labute approximate surface area is 121 Å². The molecule has 0 aromatic heterocycles. The Hall–Kier alpha value is -2.69. The number of carboxylic acid groups (broad SMARTS) is 1. The number of anilines is 1. The van der Waals surface area contributed by atoms with Crippen LogP contribution in [-0.4, -0.2) is 17.0 Å². The van der Waals surface area contributed by atoms with Gasteiger partial charge in [0, 0.05) is 5.69 Å². The summed E-state index contributed by atoms with van der Waals surface area (Å²) in [5, 5.41) is 11.5. The van der Waals surface area contributed by atoms with E-state index in [1.54, 1.807) is 19.9 Å². The molecule has 2 aromatic carbocycles. The molecule has 0 saturated heterocycles. The van der Waals surface area contributed by atoms with Crippen molar-refractivity contribution in [3.8, 4) is 0 Å². The highest BCUT2D eigenvalue weighted by Gasteiger charge is 2.13. The van der Waals surface area contributed by atoms with E-state index in [0.29, 0.717) is 11.3 Å². The predicted molar refractivity (Wildman–Crippen MR) is 77.2 cm³/mol. The number of amides is 1. The first kappa shape index (κ1) is 14.7. The molecule has 0 bridgehead atoms. The number of halogens is 1. The van der Waals surface area contributed by atoms with Crippen molar-refractivity contribution in [3.63, 3.8) is 0 Å². The van der Waals surface area contributed by atoms with Gasteiger partial charge in [0.15, 0.2) is 0 Å². The maximum absolute atomic E-state index is 13.6. The molecule has 21 heavy (non-hydrogen) atoms. The predicted octanol–water partition coefficient (Wildman–Crippen LogP) is 3.39. The first-order valence-corrected chi connectivity index (χ1v) is 6.30. The number of aryl methyl sites for hydroxylation is 2. The molecule has 2 rings (SSSR count). The molecule has 0 spiro atoms. The van der Waals surface area contributed by atoms with Crippen LogP contribution in [0.2, 0.25) is 0 Å². The lowest BCUT2D eigenvalue weighted by Gasteiger charge is -2.09. The Balaban J connectivity index is 2.26. The van der Waals surface area contributed by atoms with Crippen LogP contribution >= 0.6 is 0 Å². The van der Waals surface area contributed by atoms with Gasteiger partial charge in [-0.2, -0.15) is 0 Å². The van der Waals surface area contributed by atoms with Crippen LogP contribution in [-0.2, 0) is 0 Å². The molecule has 0 unspecified atom stereocenters. The average molecular weight is 287 g/mol. The molecular weight excluding hydrogens is 273 g/mol. The molecular formula is C16H14FNO3. The van der Waals surface area contributed by atoms with Crippen molar-refractivity contribution < 1.29 is 19.1 Å². The van der Waals surface area contributed by atoms with Crippen LogP contribution in [0.15, 0.2) is 36.4 Å². The van der Waals surface area contributed by atoms with Crippen LogP contribution in [0, 0.1) is 19.7 Å². The second-order valence-corrected chi connectivity index (χ2v) is 4.77. The standard InChI is InChI=1S/C16H14FNO3/c1-9-3-6-14(17)13(7-9)15(19)18-11-4-5-12(16(20)21)10(2)8-11/h3-8H,1-2H3,(H,18,19)(H,20,21). The Kier molecular flexibility index (Phi) is 4.03. The smallest absolute Gasteiger partial charge is 0.335 e. The Morgan fingerprint density at radius 3 is 2.38 bits per heavy atom. The molecule has 0 radical (unpaired) electrons. The number of rotatable bonds is 3. The van der Waals surface area contributed by atoms with Gasteiger partial charge in [0.05, 0.1) is 11.1 Å². The molecule has 0 fully saturated rings. The number of carbonyl (C=O) groups is 2. The summed E-state index contributed by atoms with van der Waals surface area (Å²) in [6, 6.07) is 8.70. The molecule has 5 heteroatoms. The fraction of sp³-hybridized carbons (Fsp3) is 0.125. The van der Waals surface area contributed by atoms with E-state index in [2.05, 4.69) is 5.32 Å². The summed E-state index contributed by atoms with van der Waals surface area (Å²) in [6.45, 7) is 3.40. The van der Waals surface area contributed by atoms with Gasteiger partial charge in [-0.05, 0) is 49.7 Å². The van der Waals surface area contributed by atoms with Crippen molar-refractivity contribution in [1.82, 2.24) is 0 Å². The van der Waals surface area contributed by atoms with Gasteiger partial charge in [0.25, 0.3) is 5.91 Å². The highest BCUT2D eigenvalue weighted by atomic mass is 19.1. The van der Waals surface area contributed by atoms with Crippen LogP contribution in [0.5, 0.6) is 0 Å². The van der Waals surface area contributed by atoms with Gasteiger partial charge in [0.1, 0.15) is 5.82 Å². The number of benzene rings is 2. The van der Waals surface area contributed by atoms with E-state index in [9.17, 15) is 14.0 Å². The fourth-order valence-electron chi connectivity index (χ4n) is 1.99. The first-order chi connectivity index (χ1) is 9.88. The number of carbonyl (C=O) groups excluding carboxylic acids is 1. The lowest BCUT2D eigenvalue weighted by Crippen LogP contribution is -2.14. The van der Waals surface area contributed by atoms with Gasteiger partial charge in [-0.15, -0.1) is 0 Å². The molecule has 4 nitrogen and oxygen atoms in total. The first-order valence-electron chi connectivity index (χ1n) is 6.30. The van der Waals surface area contributed by atoms with E-state index in [1.165, 1.54) is 30.3 Å². The molecule has 0 aliphatic rings. The fourth-order valence-corrected chi connectivity index (χ4v) is 1.99. The molecule has 2 N–H and O–H groups in total. The highest BCUT2D eigenvalue weighted by Crippen LogP contribution is 2.17. The lowest BCUT2D eigenvalue weighted by molar-refractivity contribution is 0.0696. The zero-order valence-corrected chi connectivity index (χ0v) is 11.6. The summed E-state index contributed by atoms with van der Waals surface area (Å²) >= 11 is 0. The molecule has 0 saturated carbocycles. The number of hydrogen-bond donors (Lipinski definition) is 2. The van der Waals surface area contributed by atoms with Gasteiger partial charge >= 0.3 is 5.97 Å². The lowest BCUT2D eigenvalue weighted by atomic mass is 10.1. The zero-order chi connectivity index (χ0) is 15.6. The number of nitrogens with one attached hydrogen (secondary N) is 1. The van der Waals surface area contributed by atoms with Crippen molar-refractivity contribution in [2.24, 2.45) is 0 Å². The Morgan fingerprint density at radius 1 is 1.05 bits per heavy atom. The number of aromatic carboxylic acids is 1. The summed E-state index contributed by atoms with van der Waals surface area (Å²) in [5.41, 5.74) is 1.83. The minimum atomic E-state index is -1.03. The molecule has 108 valence electrons. The second kappa shape index (κ2) is 5.75. The van der Waals surface area contributed by atoms with Crippen molar-refractivity contribution in [3.05, 3.63) is 64.5 Å². The Bertz CT molecular complexity index is 725. The second-order valence-electron chi connectivity index (χ2n) is 4.77. The molecule has 0 heterocycles. The van der Waals surface area contributed by atoms with Gasteiger partial charge in [-0.3, -0.25) is 4.79 Å². The minimum Gasteiger partial charge on any atom is -0.478 e. The third-order valence-corrected chi connectivity index (χ3v) is 3.08.